The number of piperidine rings is 1. The Morgan fingerprint density at radius 3 is 2.17 bits per heavy atom. The average Bonchev–Trinajstić information content (AvgIpc) is 3.30. The molecule has 17 nitrogen and oxygen atoms in total. The van der Waals surface area contributed by atoms with E-state index in [0.717, 1.165) is 12.0 Å². The van der Waals surface area contributed by atoms with Gasteiger partial charge in [-0.25, -0.2) is 9.59 Å². The lowest BCUT2D eigenvalue weighted by molar-refractivity contribution is -0.265. The first-order valence-corrected chi connectivity index (χ1v) is 24.6. The summed E-state index contributed by atoms with van der Waals surface area (Å²) >= 11 is 0. The average molecular weight is 976 g/mol. The third-order valence-electron chi connectivity index (χ3n) is 14.5. The Kier molecular flexibility index (Phi) is 24.1. The number of methoxy groups -OCH3 is 3. The molecule has 5 N–H and O–H groups in total. The third kappa shape index (κ3) is 17.0. The molecule has 1 aliphatic carbocycles. The number of aliphatic hydroxyl groups excluding tert-OH is 2. The van der Waals surface area contributed by atoms with E-state index in [1.807, 2.05) is 58.1 Å². The third-order valence-corrected chi connectivity index (χ3v) is 14.5. The first kappa shape index (κ1) is 59.2. The van der Waals surface area contributed by atoms with Gasteiger partial charge in [-0.3, -0.25) is 19.2 Å². The summed E-state index contributed by atoms with van der Waals surface area (Å²) in [5, 5.41) is 47.8. The van der Waals surface area contributed by atoms with Gasteiger partial charge in [0.2, 0.25) is 5.79 Å². The monoisotopic (exact) mass is 976 g/mol. The molecule has 4 aliphatic rings. The molecule has 0 aromatic heterocycles. The highest BCUT2D eigenvalue weighted by molar-refractivity contribution is 6.39. The largest absolute Gasteiger partial charge is 0.503 e. The van der Waals surface area contributed by atoms with E-state index < -0.39 is 90.0 Å². The summed E-state index contributed by atoms with van der Waals surface area (Å²) < 4.78 is 29.4. The molecule has 0 spiro atoms. The minimum Gasteiger partial charge on any atom is -0.460 e. The van der Waals surface area contributed by atoms with E-state index in [9.17, 15) is 39.3 Å². The predicted molar refractivity (Wildman–Crippen MR) is 256 cm³/mol. The van der Waals surface area contributed by atoms with Crippen LogP contribution < -0.4 is 0 Å². The molecule has 2 bridgehead atoms. The second-order valence-electron chi connectivity index (χ2n) is 19.9. The van der Waals surface area contributed by atoms with Crippen molar-refractivity contribution in [3.8, 4) is 0 Å². The van der Waals surface area contributed by atoms with Gasteiger partial charge in [0, 0.05) is 58.5 Å². The first-order chi connectivity index (χ1) is 32.5. The standard InChI is InChI=1S/C51H79NO13.CH2O3/c1-30-16-12-11-13-17-31(2)42(61-8)28-38-21-19-36(7)51(60,65-38)48(57)49(58)52-23-15-14-18-39(52)50(59)64-43(33(4)26-37-20-22-40(53)44(27-37)62-9)29-41(54)32(3)25-35(6)46(56)47(63-10)45(55)34(5)24-30;2-1(3)4/h11-13,16-17,25,30,32-34,36-40,42-44,46-47,53,56,60H,14-15,18-24,26-29H2,1-10H3;(H2,2,3,4)/b13-11+,16-12+,31-17+,35-25+;/t30-,32-,33-,34-,36-,37+,38+,39+,40-,42+,43+,44-,46-,47+,51-;/m1./s1. The molecule has 0 unspecified atom stereocenters. The summed E-state index contributed by atoms with van der Waals surface area (Å²) in [5.41, 5.74) is 1.27. The summed E-state index contributed by atoms with van der Waals surface area (Å²) in [6, 6.07) is -1.14. The number of amides is 1. The Balaban J connectivity index is 0.00000303. The van der Waals surface area contributed by atoms with Gasteiger partial charge < -0.3 is 54.1 Å². The van der Waals surface area contributed by atoms with Crippen molar-refractivity contribution in [1.29, 1.82) is 0 Å². The summed E-state index contributed by atoms with van der Waals surface area (Å²) in [6.07, 6.45) is 9.35. The van der Waals surface area contributed by atoms with Gasteiger partial charge in [0.05, 0.1) is 24.4 Å². The van der Waals surface area contributed by atoms with Gasteiger partial charge in [0.15, 0.2) is 5.78 Å². The molecule has 3 aliphatic heterocycles. The number of carboxylic acid groups (broad SMARTS) is 2. The minimum absolute atomic E-state index is 0.0193. The Hall–Kier alpha value is -4.10. The number of carbonyl (C=O) groups excluding carboxylic acids is 5. The lowest BCUT2D eigenvalue weighted by Gasteiger charge is -2.42. The van der Waals surface area contributed by atoms with Crippen LogP contribution in [0, 0.1) is 35.5 Å². The first-order valence-electron chi connectivity index (χ1n) is 24.6. The second-order valence-corrected chi connectivity index (χ2v) is 19.9. The number of esters is 1. The van der Waals surface area contributed by atoms with Crippen LogP contribution in [0.5, 0.6) is 0 Å². The zero-order valence-corrected chi connectivity index (χ0v) is 42.4. The van der Waals surface area contributed by atoms with E-state index in [1.54, 1.807) is 41.1 Å². The van der Waals surface area contributed by atoms with Gasteiger partial charge >= 0.3 is 12.1 Å². The number of ketones is 3. The van der Waals surface area contributed by atoms with Crippen molar-refractivity contribution in [2.45, 2.75) is 180 Å². The quantitative estimate of drug-likeness (QED) is 0.110. The van der Waals surface area contributed by atoms with Crippen LogP contribution >= 0.6 is 0 Å². The van der Waals surface area contributed by atoms with Gasteiger partial charge in [0.25, 0.3) is 11.7 Å². The van der Waals surface area contributed by atoms with Crippen molar-refractivity contribution in [1.82, 2.24) is 4.90 Å². The molecule has 1 saturated carbocycles. The summed E-state index contributed by atoms with van der Waals surface area (Å²) in [5.74, 6) is -7.96. The van der Waals surface area contributed by atoms with Crippen molar-refractivity contribution in [2.75, 3.05) is 27.9 Å². The second kappa shape index (κ2) is 28.1. The van der Waals surface area contributed by atoms with Gasteiger partial charge in [-0.15, -0.1) is 0 Å². The van der Waals surface area contributed by atoms with E-state index in [-0.39, 0.29) is 54.8 Å². The molecule has 17 heteroatoms. The fourth-order valence-corrected chi connectivity index (χ4v) is 10.1. The molecule has 3 fully saturated rings. The van der Waals surface area contributed by atoms with Crippen LogP contribution in [0.2, 0.25) is 0 Å². The van der Waals surface area contributed by atoms with Crippen LogP contribution in [0.25, 0.3) is 0 Å². The van der Waals surface area contributed by atoms with Crippen molar-refractivity contribution >= 4 is 35.4 Å². The highest BCUT2D eigenvalue weighted by atomic mass is 16.6. The molecule has 0 aromatic rings. The Labute approximate surface area is 408 Å². The zero-order chi connectivity index (χ0) is 51.7. The van der Waals surface area contributed by atoms with Gasteiger partial charge in [-0.2, -0.15) is 0 Å². The Morgan fingerprint density at radius 1 is 0.855 bits per heavy atom. The molecule has 0 aromatic carbocycles. The van der Waals surface area contributed by atoms with Crippen LogP contribution in [0.4, 0.5) is 4.79 Å². The molecule has 69 heavy (non-hydrogen) atoms. The van der Waals surface area contributed by atoms with Crippen LogP contribution in [0.3, 0.4) is 0 Å². The normalized spacial score (nSPS) is 38.4. The molecule has 2 saturated heterocycles. The number of ether oxygens (including phenoxy) is 5. The number of nitrogens with zero attached hydrogens (tertiary/aromatic N) is 1. The number of allylic oxidation sites excluding steroid dienone is 6. The van der Waals surface area contributed by atoms with Crippen molar-refractivity contribution in [3.63, 3.8) is 0 Å². The zero-order valence-electron chi connectivity index (χ0n) is 42.4. The molecule has 3 heterocycles. The number of carbonyl (C=O) groups is 6. The highest BCUT2D eigenvalue weighted by Crippen LogP contribution is 2.38. The molecule has 390 valence electrons. The van der Waals surface area contributed by atoms with Crippen molar-refractivity contribution in [2.24, 2.45) is 35.5 Å². The number of hydrogen-bond donors (Lipinski definition) is 5. The van der Waals surface area contributed by atoms with Gasteiger partial charge in [-0.05, 0) is 107 Å². The van der Waals surface area contributed by atoms with Crippen LogP contribution in [-0.4, -0.2) is 148 Å². The topological polar surface area (TPSA) is 253 Å². The van der Waals surface area contributed by atoms with E-state index >= 15 is 0 Å². The van der Waals surface area contributed by atoms with Gasteiger partial charge in [-0.1, -0.05) is 71.1 Å². The lowest BCUT2D eigenvalue weighted by atomic mass is 9.78. The maximum absolute atomic E-state index is 14.4. The smallest absolute Gasteiger partial charge is 0.460 e. The van der Waals surface area contributed by atoms with Crippen LogP contribution in [0.1, 0.15) is 126 Å². The number of rotatable bonds is 6. The number of Topliss-reactive ketones (excluding diaryl/α,β-unsaturated/α-hetero) is 3. The van der Waals surface area contributed by atoms with Gasteiger partial charge in [0.1, 0.15) is 30.1 Å². The molecular weight excluding hydrogens is 895 g/mol. The summed E-state index contributed by atoms with van der Waals surface area (Å²) in [4.78, 5) is 80.3. The van der Waals surface area contributed by atoms with E-state index in [0.29, 0.717) is 63.4 Å². The Bertz CT molecular complexity index is 1860. The van der Waals surface area contributed by atoms with Crippen molar-refractivity contribution < 1.29 is 78.0 Å². The molecule has 1 amide bonds. The fourth-order valence-electron chi connectivity index (χ4n) is 10.1. The van der Waals surface area contributed by atoms with E-state index in [1.165, 1.54) is 12.0 Å². The van der Waals surface area contributed by atoms with Crippen LogP contribution in [0.15, 0.2) is 47.6 Å². The summed E-state index contributed by atoms with van der Waals surface area (Å²) in [6.45, 7) is 12.7. The predicted octanol–water partition coefficient (Wildman–Crippen LogP) is 6.40. The van der Waals surface area contributed by atoms with E-state index in [2.05, 4.69) is 0 Å². The maximum Gasteiger partial charge on any atom is 0.503 e. The summed E-state index contributed by atoms with van der Waals surface area (Å²) in [7, 11) is 4.52. The SMILES string of the molecule is CO[C@H]1C[C@@H]2CC[C@@H](C)[C@@](O)(O2)C(=O)C(=O)N2CCCC[C@H]2C(=O)O[C@H]([C@H](C)C[C@@H]2CC[C@@H](O)[C@H](OC)C2)CC(=O)[C@H](C)/C=C(\C)[C@@H](O)[C@@H](OC)C(=O)[C@H](C)C[C@H](C)/C=C/C=C/C=C/1C.O=C(O)O. The fraction of sp³-hybridized carbons (Fsp3) is 0.731. The molecule has 0 radical (unpaired) electrons. The van der Waals surface area contributed by atoms with E-state index in [4.69, 9.17) is 38.7 Å². The number of cyclic esters (lactones) is 1. The van der Waals surface area contributed by atoms with Crippen LogP contribution in [-0.2, 0) is 47.7 Å². The molecule has 15 atom stereocenters. The minimum atomic E-state index is -2.43. The number of fused-ring (bicyclic) bond motifs is 3. The molecular formula is C52H81NO16. The maximum atomic E-state index is 14.4. The number of aliphatic hydroxyl groups is 3. The Morgan fingerprint density at radius 2 is 1.54 bits per heavy atom. The number of hydrogen-bond acceptors (Lipinski definition) is 14. The molecule has 4 rings (SSSR count). The lowest BCUT2D eigenvalue weighted by Crippen LogP contribution is -2.61. The highest BCUT2D eigenvalue weighted by Gasteiger charge is 2.53. The van der Waals surface area contributed by atoms with Crippen molar-refractivity contribution in [3.05, 3.63) is 47.6 Å².